The molecule has 0 fully saturated rings. The summed E-state index contributed by atoms with van der Waals surface area (Å²) >= 11 is 0. The first-order valence-corrected chi connectivity index (χ1v) is 10.8. The second-order valence-electron chi connectivity index (χ2n) is 7.98. The summed E-state index contributed by atoms with van der Waals surface area (Å²) in [6.07, 6.45) is 0. The molecule has 5 rings (SSSR count). The van der Waals surface area contributed by atoms with Gasteiger partial charge in [0.2, 0.25) is 12.7 Å². The monoisotopic (exact) mass is 472 g/mol. The van der Waals surface area contributed by atoms with Gasteiger partial charge in [-0.15, -0.1) is 0 Å². The van der Waals surface area contributed by atoms with E-state index < -0.39 is 0 Å². The van der Waals surface area contributed by atoms with Crippen LogP contribution in [0.15, 0.2) is 66.7 Å². The maximum atomic E-state index is 13.4. The van der Waals surface area contributed by atoms with E-state index in [-0.39, 0.29) is 24.4 Å². The molecule has 0 aliphatic carbocycles. The Morgan fingerprint density at radius 2 is 1.66 bits per heavy atom. The van der Waals surface area contributed by atoms with Crippen LogP contribution < -0.4 is 20.1 Å². The van der Waals surface area contributed by atoms with Crippen LogP contribution in [0.4, 0.5) is 15.9 Å². The Balaban J connectivity index is 1.43. The van der Waals surface area contributed by atoms with Gasteiger partial charge in [-0.05, 0) is 61.0 Å². The number of rotatable bonds is 5. The second kappa shape index (κ2) is 8.94. The van der Waals surface area contributed by atoms with Crippen LogP contribution in [-0.2, 0) is 4.79 Å². The molecule has 1 aliphatic rings. The molecule has 0 unspecified atom stereocenters. The summed E-state index contributed by atoms with van der Waals surface area (Å²) in [5, 5.41) is 10.3. The maximum absolute atomic E-state index is 13.4. The molecular formula is C26H21FN4O4. The number of carbonyl (C=O) groups is 2. The summed E-state index contributed by atoms with van der Waals surface area (Å²) in [6, 6.07) is 18.0. The first kappa shape index (κ1) is 22.1. The molecule has 176 valence electrons. The number of aryl methyl sites for hydroxylation is 1. The Bertz CT molecular complexity index is 1430. The van der Waals surface area contributed by atoms with E-state index in [2.05, 4.69) is 15.7 Å². The average Bonchev–Trinajstić information content (AvgIpc) is 3.43. The van der Waals surface area contributed by atoms with Gasteiger partial charge in [-0.25, -0.2) is 9.07 Å². The lowest BCUT2D eigenvalue weighted by atomic mass is 10.1. The van der Waals surface area contributed by atoms with E-state index >= 15 is 0 Å². The first-order chi connectivity index (χ1) is 16.9. The molecule has 9 heteroatoms. The highest BCUT2D eigenvalue weighted by Crippen LogP contribution is 2.35. The van der Waals surface area contributed by atoms with Gasteiger partial charge in [-0.2, -0.15) is 5.10 Å². The van der Waals surface area contributed by atoms with Crippen molar-refractivity contribution in [2.24, 2.45) is 0 Å². The number of nitrogens with zero attached hydrogens (tertiary/aromatic N) is 2. The molecule has 3 aromatic carbocycles. The fourth-order valence-electron chi connectivity index (χ4n) is 3.89. The summed E-state index contributed by atoms with van der Waals surface area (Å²) in [7, 11) is 0. The Morgan fingerprint density at radius 1 is 0.943 bits per heavy atom. The lowest BCUT2D eigenvalue weighted by molar-refractivity contribution is -0.114. The number of fused-ring (bicyclic) bond motifs is 1. The summed E-state index contributed by atoms with van der Waals surface area (Å²) in [6.45, 7) is 3.38. The molecule has 0 atom stereocenters. The Labute approximate surface area is 200 Å². The van der Waals surface area contributed by atoms with Gasteiger partial charge < -0.3 is 20.1 Å². The fraction of sp³-hybridized carbons (Fsp3) is 0.115. The number of hydrogen-bond acceptors (Lipinski definition) is 5. The van der Waals surface area contributed by atoms with E-state index in [1.165, 1.54) is 19.1 Å². The molecule has 0 saturated carbocycles. The molecule has 2 amide bonds. The molecular weight excluding hydrogens is 451 g/mol. The molecule has 0 spiro atoms. The number of benzene rings is 3. The largest absolute Gasteiger partial charge is 0.454 e. The van der Waals surface area contributed by atoms with Crippen molar-refractivity contribution in [1.29, 1.82) is 0 Å². The van der Waals surface area contributed by atoms with Crippen LogP contribution in [-0.4, -0.2) is 28.4 Å². The standard InChI is InChI=1S/C26H21FN4O4/c1-15-24(17-3-7-19(27)8-4-17)25(28-16(2)32)31(30-15)21-10-5-18(6-11-21)26(33)29-20-9-12-22-23(13-20)35-14-34-22/h3-13H,14H2,1-2H3,(H,28,32)(H,29,33). The molecule has 2 N–H and O–H groups in total. The van der Waals surface area contributed by atoms with E-state index in [1.807, 2.05) is 6.92 Å². The minimum absolute atomic E-state index is 0.157. The van der Waals surface area contributed by atoms with Gasteiger partial charge in [0.25, 0.3) is 5.91 Å². The zero-order valence-electron chi connectivity index (χ0n) is 19.0. The normalized spacial score (nSPS) is 11.9. The molecule has 1 aromatic heterocycles. The predicted octanol–water partition coefficient (Wildman–Crippen LogP) is 4.93. The van der Waals surface area contributed by atoms with Gasteiger partial charge in [0.1, 0.15) is 11.6 Å². The van der Waals surface area contributed by atoms with Crippen LogP contribution in [0.5, 0.6) is 11.5 Å². The topological polar surface area (TPSA) is 94.5 Å². The van der Waals surface area contributed by atoms with Gasteiger partial charge in [0, 0.05) is 29.8 Å². The zero-order chi connectivity index (χ0) is 24.5. The van der Waals surface area contributed by atoms with E-state index in [1.54, 1.807) is 59.3 Å². The lowest BCUT2D eigenvalue weighted by Crippen LogP contribution is -2.13. The van der Waals surface area contributed by atoms with Gasteiger partial charge in [0.15, 0.2) is 11.5 Å². The number of halogens is 1. The highest BCUT2D eigenvalue weighted by atomic mass is 19.1. The minimum atomic E-state index is -0.352. The number of aromatic nitrogens is 2. The van der Waals surface area contributed by atoms with Crippen LogP contribution in [0.2, 0.25) is 0 Å². The van der Waals surface area contributed by atoms with Crippen molar-refractivity contribution in [3.05, 3.63) is 83.8 Å². The molecule has 1 aliphatic heterocycles. The third kappa shape index (κ3) is 4.43. The van der Waals surface area contributed by atoms with Gasteiger partial charge >= 0.3 is 0 Å². The van der Waals surface area contributed by atoms with E-state index in [0.717, 1.165) is 5.56 Å². The number of nitrogens with one attached hydrogen (secondary N) is 2. The zero-order valence-corrected chi connectivity index (χ0v) is 19.0. The smallest absolute Gasteiger partial charge is 0.255 e. The second-order valence-corrected chi connectivity index (χ2v) is 7.98. The first-order valence-electron chi connectivity index (χ1n) is 10.8. The molecule has 0 radical (unpaired) electrons. The minimum Gasteiger partial charge on any atom is -0.454 e. The van der Waals surface area contributed by atoms with Crippen molar-refractivity contribution >= 4 is 23.3 Å². The van der Waals surface area contributed by atoms with Crippen molar-refractivity contribution in [2.75, 3.05) is 17.4 Å². The molecule has 2 heterocycles. The molecule has 0 saturated heterocycles. The van der Waals surface area contributed by atoms with Crippen LogP contribution in [0.25, 0.3) is 16.8 Å². The van der Waals surface area contributed by atoms with E-state index in [0.29, 0.717) is 45.5 Å². The van der Waals surface area contributed by atoms with Crippen molar-refractivity contribution in [2.45, 2.75) is 13.8 Å². The van der Waals surface area contributed by atoms with Crippen molar-refractivity contribution in [3.8, 4) is 28.3 Å². The Hall–Kier alpha value is -4.66. The van der Waals surface area contributed by atoms with Crippen LogP contribution >= 0.6 is 0 Å². The van der Waals surface area contributed by atoms with Crippen molar-refractivity contribution in [3.63, 3.8) is 0 Å². The van der Waals surface area contributed by atoms with Crippen LogP contribution in [0.1, 0.15) is 23.0 Å². The summed E-state index contributed by atoms with van der Waals surface area (Å²) in [5.74, 6) is 0.760. The van der Waals surface area contributed by atoms with Crippen molar-refractivity contribution < 1.29 is 23.5 Å². The number of hydrogen-bond donors (Lipinski definition) is 2. The quantitative estimate of drug-likeness (QED) is 0.430. The molecule has 4 aromatic rings. The third-order valence-corrected chi connectivity index (χ3v) is 5.49. The molecule has 8 nitrogen and oxygen atoms in total. The lowest BCUT2D eigenvalue weighted by Gasteiger charge is -2.11. The van der Waals surface area contributed by atoms with Gasteiger partial charge in [0.05, 0.1) is 11.4 Å². The fourth-order valence-corrected chi connectivity index (χ4v) is 3.89. The summed E-state index contributed by atoms with van der Waals surface area (Å²) < 4.78 is 25.7. The van der Waals surface area contributed by atoms with Crippen LogP contribution in [0, 0.1) is 12.7 Å². The highest BCUT2D eigenvalue weighted by molar-refractivity contribution is 6.04. The maximum Gasteiger partial charge on any atom is 0.255 e. The summed E-state index contributed by atoms with van der Waals surface area (Å²) in [5.41, 5.74) is 3.73. The average molecular weight is 472 g/mol. The SMILES string of the molecule is CC(=O)Nc1c(-c2ccc(F)cc2)c(C)nn1-c1ccc(C(=O)Nc2ccc3c(c2)OCO3)cc1. The number of anilines is 2. The Kier molecular flexibility index (Phi) is 5.66. The molecule has 35 heavy (non-hydrogen) atoms. The van der Waals surface area contributed by atoms with Gasteiger partial charge in [-0.3, -0.25) is 9.59 Å². The third-order valence-electron chi connectivity index (χ3n) is 5.49. The predicted molar refractivity (Wildman–Crippen MR) is 129 cm³/mol. The number of amides is 2. The van der Waals surface area contributed by atoms with E-state index in [9.17, 15) is 14.0 Å². The van der Waals surface area contributed by atoms with Gasteiger partial charge in [-0.1, -0.05) is 12.1 Å². The summed E-state index contributed by atoms with van der Waals surface area (Å²) in [4.78, 5) is 24.7. The highest BCUT2D eigenvalue weighted by Gasteiger charge is 2.20. The van der Waals surface area contributed by atoms with Crippen LogP contribution in [0.3, 0.4) is 0 Å². The number of carbonyl (C=O) groups excluding carboxylic acids is 2. The Morgan fingerprint density at radius 3 is 2.37 bits per heavy atom. The molecule has 0 bridgehead atoms. The van der Waals surface area contributed by atoms with Crippen molar-refractivity contribution in [1.82, 2.24) is 9.78 Å². The van der Waals surface area contributed by atoms with E-state index in [4.69, 9.17) is 9.47 Å². The number of ether oxygens (including phenoxy) is 2.